The van der Waals surface area contributed by atoms with Crippen LogP contribution >= 0.6 is 0 Å². The Morgan fingerprint density at radius 2 is 1.74 bits per heavy atom. The minimum absolute atomic E-state index is 0.0134. The predicted molar refractivity (Wildman–Crippen MR) is 141 cm³/mol. The van der Waals surface area contributed by atoms with Gasteiger partial charge in [0.25, 0.3) is 0 Å². The van der Waals surface area contributed by atoms with Gasteiger partial charge in [0, 0.05) is 18.7 Å². The number of hydrogen-bond donors (Lipinski definition) is 1. The number of carbonyl (C=O) groups excluding carboxylic acids is 2. The van der Waals surface area contributed by atoms with Gasteiger partial charge in [0.15, 0.2) is 11.5 Å². The first-order valence-corrected chi connectivity index (χ1v) is 14.5. The largest absolute Gasteiger partial charge is 0.454 e. The number of nitrogens with one attached hydrogen (secondary N) is 1. The molecule has 4 rings (SSSR count). The Morgan fingerprint density at radius 1 is 1.05 bits per heavy atom. The Kier molecular flexibility index (Phi) is 8.76. The fraction of sp³-hybridized carbons (Fsp3) is 0.481. The minimum Gasteiger partial charge on any atom is -0.454 e. The maximum Gasteiger partial charge on any atom is 0.244 e. The third kappa shape index (κ3) is 6.56. The number of rotatable bonds is 10. The van der Waals surface area contributed by atoms with Crippen LogP contribution in [0.15, 0.2) is 42.5 Å². The van der Waals surface area contributed by atoms with Crippen LogP contribution in [0.2, 0.25) is 0 Å². The molecule has 1 saturated carbocycles. The second-order valence-corrected chi connectivity index (χ2v) is 11.8. The lowest BCUT2D eigenvalue weighted by molar-refractivity contribution is -0.139. The maximum atomic E-state index is 13.7. The van der Waals surface area contributed by atoms with Gasteiger partial charge in [0.05, 0.1) is 11.4 Å². The van der Waals surface area contributed by atoms with E-state index >= 15 is 0 Å². The first kappa shape index (κ1) is 27.7. The summed E-state index contributed by atoms with van der Waals surface area (Å²) in [6, 6.07) is 9.49. The molecule has 0 bridgehead atoms. The van der Waals surface area contributed by atoms with Gasteiger partial charge >= 0.3 is 0 Å². The summed E-state index contributed by atoms with van der Waals surface area (Å²) in [5.41, 5.74) is 0.871. The van der Waals surface area contributed by atoms with Gasteiger partial charge in [-0.25, -0.2) is 12.8 Å². The van der Waals surface area contributed by atoms with Crippen molar-refractivity contribution in [2.75, 3.05) is 23.4 Å². The number of anilines is 1. The van der Waals surface area contributed by atoms with Gasteiger partial charge in [0.2, 0.25) is 28.6 Å². The van der Waals surface area contributed by atoms with Crippen LogP contribution < -0.4 is 19.1 Å². The van der Waals surface area contributed by atoms with E-state index in [1.165, 1.54) is 30.0 Å². The summed E-state index contributed by atoms with van der Waals surface area (Å²) < 4.78 is 51.4. The summed E-state index contributed by atoms with van der Waals surface area (Å²) in [6.07, 6.45) is 4.99. The van der Waals surface area contributed by atoms with Crippen molar-refractivity contribution in [1.29, 1.82) is 0 Å². The smallest absolute Gasteiger partial charge is 0.244 e. The van der Waals surface area contributed by atoms with Crippen molar-refractivity contribution in [2.45, 2.75) is 64.6 Å². The Labute approximate surface area is 222 Å². The summed E-state index contributed by atoms with van der Waals surface area (Å²) in [4.78, 5) is 28.3. The van der Waals surface area contributed by atoms with E-state index in [4.69, 9.17) is 9.47 Å². The zero-order chi connectivity index (χ0) is 27.3. The van der Waals surface area contributed by atoms with Crippen LogP contribution in [0.1, 0.15) is 51.5 Å². The lowest BCUT2D eigenvalue weighted by Crippen LogP contribution is -2.53. The first-order chi connectivity index (χ1) is 18.2. The van der Waals surface area contributed by atoms with E-state index in [-0.39, 0.29) is 36.7 Å². The van der Waals surface area contributed by atoms with Gasteiger partial charge in [-0.2, -0.15) is 0 Å². The number of hydrogen-bond acceptors (Lipinski definition) is 6. The molecule has 1 heterocycles. The zero-order valence-electron chi connectivity index (χ0n) is 21.7. The zero-order valence-corrected chi connectivity index (χ0v) is 22.5. The molecule has 1 fully saturated rings. The van der Waals surface area contributed by atoms with Crippen LogP contribution in [-0.2, 0) is 26.2 Å². The molecule has 0 unspecified atom stereocenters. The highest BCUT2D eigenvalue weighted by Crippen LogP contribution is 2.36. The highest BCUT2D eigenvalue weighted by molar-refractivity contribution is 7.92. The molecule has 1 aliphatic carbocycles. The summed E-state index contributed by atoms with van der Waals surface area (Å²) in [5, 5.41) is 3.05. The first-order valence-electron chi connectivity index (χ1n) is 12.9. The van der Waals surface area contributed by atoms with E-state index < -0.39 is 34.3 Å². The van der Waals surface area contributed by atoms with E-state index in [2.05, 4.69) is 5.32 Å². The van der Waals surface area contributed by atoms with Crippen molar-refractivity contribution >= 4 is 27.5 Å². The van der Waals surface area contributed by atoms with Gasteiger partial charge in [-0.15, -0.1) is 0 Å². The SMILES string of the molecule is CCS(=O)(=O)N(CC(=O)N(Cc1ccc(F)cc1)[C@@H](C)C(=O)NC1CCCCC1)c1ccc2c(c1)OCO2. The predicted octanol–water partition coefficient (Wildman–Crippen LogP) is 3.58. The van der Waals surface area contributed by atoms with Crippen LogP contribution in [0.4, 0.5) is 10.1 Å². The summed E-state index contributed by atoms with van der Waals surface area (Å²) in [7, 11) is -3.87. The summed E-state index contributed by atoms with van der Waals surface area (Å²) >= 11 is 0. The highest BCUT2D eigenvalue weighted by atomic mass is 32.2. The number of halogens is 1. The standard InChI is InChI=1S/C27H34FN3O6S/c1-3-38(34,35)31(23-13-14-24-25(15-23)37-18-36-24)17-26(32)30(16-20-9-11-21(28)12-10-20)19(2)27(33)29-22-7-5-4-6-8-22/h9-15,19,22H,3-8,16-18H2,1-2H3,(H,29,33)/t19-/m0/s1. The number of amides is 2. The van der Waals surface area contributed by atoms with E-state index in [9.17, 15) is 22.4 Å². The van der Waals surface area contributed by atoms with Crippen molar-refractivity contribution in [3.05, 3.63) is 53.8 Å². The van der Waals surface area contributed by atoms with Crippen LogP contribution in [0.3, 0.4) is 0 Å². The van der Waals surface area contributed by atoms with Crippen LogP contribution in [0.5, 0.6) is 11.5 Å². The Bertz CT molecular complexity index is 1250. The molecule has 1 aliphatic heterocycles. The number of carbonyl (C=O) groups is 2. The molecule has 0 spiro atoms. The molecule has 206 valence electrons. The van der Waals surface area contributed by atoms with Gasteiger partial charge in [-0.3, -0.25) is 13.9 Å². The fourth-order valence-electron chi connectivity index (χ4n) is 4.70. The molecule has 2 aliphatic rings. The molecule has 1 N–H and O–H groups in total. The Hall–Kier alpha value is -3.34. The fourth-order valence-corrected chi connectivity index (χ4v) is 5.75. The number of fused-ring (bicyclic) bond motifs is 1. The molecule has 2 aromatic carbocycles. The topological polar surface area (TPSA) is 105 Å². The maximum absolute atomic E-state index is 13.7. The van der Waals surface area contributed by atoms with E-state index in [0.717, 1.165) is 36.4 Å². The third-order valence-corrected chi connectivity index (χ3v) is 8.75. The van der Waals surface area contributed by atoms with Gasteiger partial charge in [-0.05, 0) is 56.5 Å². The normalized spacial score (nSPS) is 16.1. The van der Waals surface area contributed by atoms with Crippen molar-refractivity contribution in [2.24, 2.45) is 0 Å². The van der Waals surface area contributed by atoms with Crippen LogP contribution in [0, 0.1) is 5.82 Å². The second-order valence-electron chi connectivity index (χ2n) is 9.61. The van der Waals surface area contributed by atoms with Crippen LogP contribution in [0.25, 0.3) is 0 Å². The van der Waals surface area contributed by atoms with Gasteiger partial charge < -0.3 is 19.7 Å². The van der Waals surface area contributed by atoms with Crippen molar-refractivity contribution in [3.8, 4) is 11.5 Å². The van der Waals surface area contributed by atoms with Crippen molar-refractivity contribution < 1.29 is 31.9 Å². The van der Waals surface area contributed by atoms with E-state index in [0.29, 0.717) is 17.1 Å². The monoisotopic (exact) mass is 547 g/mol. The molecule has 0 saturated heterocycles. The molecule has 38 heavy (non-hydrogen) atoms. The average Bonchev–Trinajstić information content (AvgIpc) is 3.39. The van der Waals surface area contributed by atoms with Gasteiger partial charge in [0.1, 0.15) is 18.4 Å². The highest BCUT2D eigenvalue weighted by Gasteiger charge is 2.32. The lowest BCUT2D eigenvalue weighted by atomic mass is 9.95. The molecule has 9 nitrogen and oxygen atoms in total. The number of sulfonamides is 1. The average molecular weight is 548 g/mol. The molecule has 2 amide bonds. The Balaban J connectivity index is 1.60. The third-order valence-electron chi connectivity index (χ3n) is 7.01. The molecular weight excluding hydrogens is 513 g/mol. The molecule has 1 atom stereocenters. The summed E-state index contributed by atoms with van der Waals surface area (Å²) in [6.45, 7) is 2.64. The molecule has 11 heteroatoms. The quantitative estimate of drug-likeness (QED) is 0.488. The summed E-state index contributed by atoms with van der Waals surface area (Å²) in [5.74, 6) is -0.646. The lowest BCUT2D eigenvalue weighted by Gasteiger charge is -2.33. The molecule has 2 aromatic rings. The van der Waals surface area contributed by atoms with E-state index in [1.54, 1.807) is 31.2 Å². The number of ether oxygens (including phenoxy) is 2. The Morgan fingerprint density at radius 3 is 2.42 bits per heavy atom. The molecule has 0 aromatic heterocycles. The number of benzene rings is 2. The van der Waals surface area contributed by atoms with Gasteiger partial charge in [-0.1, -0.05) is 31.4 Å². The van der Waals surface area contributed by atoms with Crippen molar-refractivity contribution in [1.82, 2.24) is 10.2 Å². The van der Waals surface area contributed by atoms with E-state index in [1.807, 2.05) is 0 Å². The molecule has 0 radical (unpaired) electrons. The minimum atomic E-state index is -3.87. The second kappa shape index (κ2) is 12.0. The van der Waals surface area contributed by atoms with Crippen molar-refractivity contribution in [3.63, 3.8) is 0 Å². The molecular formula is C27H34FN3O6S. The number of nitrogens with zero attached hydrogens (tertiary/aromatic N) is 2. The van der Waals surface area contributed by atoms with Crippen LogP contribution in [-0.4, -0.2) is 56.3 Å².